The van der Waals surface area contributed by atoms with E-state index in [2.05, 4.69) is 16.0 Å². The number of para-hydroxylation sites is 2. The van der Waals surface area contributed by atoms with Gasteiger partial charge in [0.25, 0.3) is 0 Å². The number of nitrogens with zero attached hydrogens (tertiary/aromatic N) is 2. The average Bonchev–Trinajstić information content (AvgIpc) is 3.33. The van der Waals surface area contributed by atoms with Crippen molar-refractivity contribution in [3.8, 4) is 0 Å². The Hall–Kier alpha value is -1.88. The summed E-state index contributed by atoms with van der Waals surface area (Å²) >= 11 is 0. The van der Waals surface area contributed by atoms with E-state index in [1.54, 1.807) is 0 Å². The van der Waals surface area contributed by atoms with Gasteiger partial charge in [0.2, 0.25) is 0 Å². The summed E-state index contributed by atoms with van der Waals surface area (Å²) in [6, 6.07) is 9.08. The molecular formula is C16H21N5. The lowest BCUT2D eigenvalue weighted by molar-refractivity contribution is 0.479. The summed E-state index contributed by atoms with van der Waals surface area (Å²) in [7, 11) is 0. The smallest absolute Gasteiger partial charge is 0.170 e. The van der Waals surface area contributed by atoms with Crippen molar-refractivity contribution < 1.29 is 0 Å². The van der Waals surface area contributed by atoms with Crippen molar-refractivity contribution in [1.29, 1.82) is 0 Å². The van der Waals surface area contributed by atoms with Crippen molar-refractivity contribution in [2.45, 2.75) is 37.8 Å². The van der Waals surface area contributed by atoms with E-state index in [0.717, 1.165) is 35.8 Å². The topological polar surface area (TPSA) is 61.9 Å². The summed E-state index contributed by atoms with van der Waals surface area (Å²) in [5, 5.41) is 10.5. The molecule has 4 rings (SSSR count). The van der Waals surface area contributed by atoms with Crippen LogP contribution < -0.4 is 16.0 Å². The number of rotatable bonds is 4. The van der Waals surface area contributed by atoms with E-state index in [9.17, 15) is 0 Å². The Morgan fingerprint density at radius 1 is 0.905 bits per heavy atom. The third-order valence-electron chi connectivity index (χ3n) is 4.13. The number of nitrogens with one attached hydrogen (secondary N) is 3. The molecule has 1 aliphatic carbocycles. The molecule has 1 aromatic heterocycles. The van der Waals surface area contributed by atoms with Gasteiger partial charge in [-0.15, -0.1) is 0 Å². The predicted octanol–water partition coefficient (Wildman–Crippen LogP) is 2.37. The molecular weight excluding hydrogens is 262 g/mol. The summed E-state index contributed by atoms with van der Waals surface area (Å²) in [5.41, 5.74) is 1.90. The van der Waals surface area contributed by atoms with Crippen LogP contribution in [0.1, 0.15) is 25.7 Å². The molecule has 0 radical (unpaired) electrons. The van der Waals surface area contributed by atoms with Crippen LogP contribution in [-0.4, -0.2) is 35.1 Å². The molecule has 5 nitrogen and oxygen atoms in total. The highest BCUT2D eigenvalue weighted by Gasteiger charge is 2.24. The van der Waals surface area contributed by atoms with Crippen molar-refractivity contribution in [3.63, 3.8) is 0 Å². The monoisotopic (exact) mass is 283 g/mol. The summed E-state index contributed by atoms with van der Waals surface area (Å²) in [4.78, 5) is 9.55. The zero-order valence-electron chi connectivity index (χ0n) is 12.1. The quantitative estimate of drug-likeness (QED) is 0.804. The maximum absolute atomic E-state index is 4.79. The molecule has 21 heavy (non-hydrogen) atoms. The number of aromatic nitrogens is 2. The summed E-state index contributed by atoms with van der Waals surface area (Å²) in [6.45, 7) is 2.12. The Labute approximate surface area is 124 Å². The number of fused-ring (bicyclic) bond motifs is 1. The first-order valence-corrected chi connectivity index (χ1v) is 7.89. The van der Waals surface area contributed by atoms with Gasteiger partial charge < -0.3 is 16.0 Å². The van der Waals surface area contributed by atoms with Gasteiger partial charge in [-0.1, -0.05) is 12.1 Å². The minimum atomic E-state index is 0.439. The molecule has 0 spiro atoms. The molecule has 2 aromatic rings. The largest absolute Gasteiger partial charge is 0.364 e. The maximum Gasteiger partial charge on any atom is 0.170 e. The number of benzene rings is 1. The van der Waals surface area contributed by atoms with Crippen LogP contribution in [0.5, 0.6) is 0 Å². The molecule has 5 heteroatoms. The molecule has 0 amide bonds. The van der Waals surface area contributed by atoms with Crippen LogP contribution in [0.3, 0.4) is 0 Å². The van der Waals surface area contributed by atoms with Crippen LogP contribution in [0.25, 0.3) is 11.0 Å². The number of anilines is 2. The molecule has 1 saturated heterocycles. The summed E-state index contributed by atoms with van der Waals surface area (Å²) in [6.07, 6.45) is 4.87. The first-order valence-electron chi connectivity index (χ1n) is 7.89. The second kappa shape index (κ2) is 5.48. The average molecular weight is 283 g/mol. The molecule has 2 fully saturated rings. The van der Waals surface area contributed by atoms with Crippen LogP contribution in [0.4, 0.5) is 11.6 Å². The first kappa shape index (κ1) is 12.8. The second-order valence-corrected chi connectivity index (χ2v) is 6.02. The Morgan fingerprint density at radius 3 is 2.14 bits per heavy atom. The van der Waals surface area contributed by atoms with Crippen molar-refractivity contribution >= 4 is 22.7 Å². The molecule has 1 atom stereocenters. The third kappa shape index (κ3) is 2.93. The van der Waals surface area contributed by atoms with E-state index in [-0.39, 0.29) is 0 Å². The zero-order valence-corrected chi connectivity index (χ0v) is 12.1. The molecule has 1 saturated carbocycles. The van der Waals surface area contributed by atoms with Crippen molar-refractivity contribution in [1.82, 2.24) is 15.3 Å². The van der Waals surface area contributed by atoms with Crippen molar-refractivity contribution in [2.24, 2.45) is 0 Å². The fourth-order valence-corrected chi connectivity index (χ4v) is 2.79. The molecule has 3 N–H and O–H groups in total. The summed E-state index contributed by atoms with van der Waals surface area (Å²) < 4.78 is 0. The van der Waals surface area contributed by atoms with Gasteiger partial charge in [0.15, 0.2) is 11.6 Å². The highest BCUT2D eigenvalue weighted by atomic mass is 15.1. The SMILES string of the molecule is c1ccc2nc(N[C@@H]3CCCNC3)c(NC3CC3)nc2c1. The van der Waals surface area contributed by atoms with E-state index >= 15 is 0 Å². The van der Waals surface area contributed by atoms with Gasteiger partial charge in [-0.25, -0.2) is 9.97 Å². The number of hydrogen-bond donors (Lipinski definition) is 3. The zero-order chi connectivity index (χ0) is 14.1. The minimum absolute atomic E-state index is 0.439. The van der Waals surface area contributed by atoms with Crippen LogP contribution >= 0.6 is 0 Å². The third-order valence-corrected chi connectivity index (χ3v) is 4.13. The van der Waals surface area contributed by atoms with E-state index in [1.165, 1.54) is 25.7 Å². The van der Waals surface area contributed by atoms with Gasteiger partial charge >= 0.3 is 0 Å². The van der Waals surface area contributed by atoms with Gasteiger partial charge in [-0.05, 0) is 44.4 Å². The summed E-state index contributed by atoms with van der Waals surface area (Å²) in [5.74, 6) is 1.80. The van der Waals surface area contributed by atoms with Crippen LogP contribution in [0.2, 0.25) is 0 Å². The van der Waals surface area contributed by atoms with Crippen LogP contribution in [-0.2, 0) is 0 Å². The molecule has 1 aliphatic heterocycles. The second-order valence-electron chi connectivity index (χ2n) is 6.02. The Bertz CT molecular complexity index is 632. The van der Waals surface area contributed by atoms with E-state index in [4.69, 9.17) is 9.97 Å². The van der Waals surface area contributed by atoms with E-state index in [1.807, 2.05) is 24.3 Å². The Balaban J connectivity index is 1.65. The highest BCUT2D eigenvalue weighted by Crippen LogP contribution is 2.29. The van der Waals surface area contributed by atoms with Gasteiger partial charge in [-0.3, -0.25) is 0 Å². The molecule has 0 unspecified atom stereocenters. The Morgan fingerprint density at radius 2 is 1.57 bits per heavy atom. The van der Waals surface area contributed by atoms with Crippen LogP contribution in [0.15, 0.2) is 24.3 Å². The van der Waals surface area contributed by atoms with Gasteiger partial charge in [0, 0.05) is 18.6 Å². The first-order chi connectivity index (χ1) is 10.4. The minimum Gasteiger partial charge on any atom is -0.364 e. The van der Waals surface area contributed by atoms with Crippen LogP contribution in [0, 0.1) is 0 Å². The van der Waals surface area contributed by atoms with Gasteiger partial charge in [0.1, 0.15) is 0 Å². The standard InChI is InChI=1S/C16H21N5/c1-2-6-14-13(5-1)20-15(18-11-7-8-11)16(21-14)19-12-4-3-9-17-10-12/h1-2,5-6,11-12,17H,3-4,7-10H2,(H,18,20)(H,19,21)/t12-/m1/s1. The van der Waals surface area contributed by atoms with Gasteiger partial charge in [-0.2, -0.15) is 0 Å². The number of piperidine rings is 1. The van der Waals surface area contributed by atoms with E-state index in [0.29, 0.717) is 12.1 Å². The van der Waals surface area contributed by atoms with Crippen molar-refractivity contribution in [2.75, 3.05) is 23.7 Å². The lowest BCUT2D eigenvalue weighted by atomic mass is 10.1. The lowest BCUT2D eigenvalue weighted by Crippen LogP contribution is -2.38. The normalized spacial score (nSPS) is 22.2. The van der Waals surface area contributed by atoms with E-state index < -0.39 is 0 Å². The fraction of sp³-hybridized carbons (Fsp3) is 0.500. The Kier molecular flexibility index (Phi) is 3.35. The van der Waals surface area contributed by atoms with Gasteiger partial charge in [0.05, 0.1) is 11.0 Å². The highest BCUT2D eigenvalue weighted by molar-refractivity contribution is 5.80. The van der Waals surface area contributed by atoms with Crippen molar-refractivity contribution in [3.05, 3.63) is 24.3 Å². The lowest BCUT2D eigenvalue weighted by Gasteiger charge is -2.25. The predicted molar refractivity (Wildman–Crippen MR) is 85.7 cm³/mol. The molecule has 0 bridgehead atoms. The molecule has 110 valence electrons. The molecule has 2 aliphatic rings. The maximum atomic E-state index is 4.79. The fourth-order valence-electron chi connectivity index (χ4n) is 2.79. The molecule has 1 aromatic carbocycles. The number of hydrogen-bond acceptors (Lipinski definition) is 5. The molecule has 2 heterocycles.